The molecule has 1 unspecified atom stereocenters. The molecule has 0 aromatic heterocycles. The highest BCUT2D eigenvalue weighted by atomic mass is 16.5. The van der Waals surface area contributed by atoms with Crippen molar-refractivity contribution in [2.45, 2.75) is 5.92 Å². The van der Waals surface area contributed by atoms with Gasteiger partial charge in [0.05, 0.1) is 12.5 Å². The SMILES string of the molecule is COCCN(C)CCNC(=O)C(CN)c1ccccc1. The Kier molecular flexibility index (Phi) is 7.87. The maximum absolute atomic E-state index is 12.1. The first-order valence-corrected chi connectivity index (χ1v) is 6.89. The summed E-state index contributed by atoms with van der Waals surface area (Å²) in [7, 11) is 3.68. The van der Waals surface area contributed by atoms with Crippen LogP contribution in [0.15, 0.2) is 30.3 Å². The van der Waals surface area contributed by atoms with E-state index in [4.69, 9.17) is 10.5 Å². The van der Waals surface area contributed by atoms with Crippen LogP contribution in [0.2, 0.25) is 0 Å². The maximum atomic E-state index is 12.1. The molecule has 1 amide bonds. The van der Waals surface area contributed by atoms with Gasteiger partial charge >= 0.3 is 0 Å². The van der Waals surface area contributed by atoms with Crippen LogP contribution in [0.5, 0.6) is 0 Å². The number of nitrogens with one attached hydrogen (secondary N) is 1. The number of likely N-dealkylation sites (N-methyl/N-ethyl adjacent to an activating group) is 1. The fraction of sp³-hybridized carbons (Fsp3) is 0.533. The minimum atomic E-state index is -0.277. The molecule has 1 aromatic carbocycles. The smallest absolute Gasteiger partial charge is 0.228 e. The quantitative estimate of drug-likeness (QED) is 0.687. The predicted molar refractivity (Wildman–Crippen MR) is 80.6 cm³/mol. The Morgan fingerprint density at radius 2 is 2.05 bits per heavy atom. The highest BCUT2D eigenvalue weighted by Crippen LogP contribution is 2.13. The summed E-state index contributed by atoms with van der Waals surface area (Å²) in [6, 6.07) is 9.64. The molecule has 0 bridgehead atoms. The van der Waals surface area contributed by atoms with Gasteiger partial charge in [-0.05, 0) is 12.6 Å². The molecular formula is C15H25N3O2. The number of benzene rings is 1. The molecule has 0 fully saturated rings. The summed E-state index contributed by atoms with van der Waals surface area (Å²) in [4.78, 5) is 14.3. The van der Waals surface area contributed by atoms with E-state index in [1.54, 1.807) is 7.11 Å². The van der Waals surface area contributed by atoms with Gasteiger partial charge in [-0.2, -0.15) is 0 Å². The van der Waals surface area contributed by atoms with Crippen LogP contribution in [-0.4, -0.2) is 57.8 Å². The molecule has 0 aliphatic carbocycles. The van der Waals surface area contributed by atoms with Crippen LogP contribution >= 0.6 is 0 Å². The van der Waals surface area contributed by atoms with E-state index in [9.17, 15) is 4.79 Å². The fourth-order valence-corrected chi connectivity index (χ4v) is 1.93. The monoisotopic (exact) mass is 279 g/mol. The topological polar surface area (TPSA) is 67.6 Å². The zero-order chi connectivity index (χ0) is 14.8. The molecule has 3 N–H and O–H groups in total. The Hall–Kier alpha value is -1.43. The fourth-order valence-electron chi connectivity index (χ4n) is 1.93. The number of carbonyl (C=O) groups excluding carboxylic acids is 1. The largest absolute Gasteiger partial charge is 0.383 e. The average molecular weight is 279 g/mol. The Morgan fingerprint density at radius 1 is 1.35 bits per heavy atom. The molecule has 20 heavy (non-hydrogen) atoms. The molecular weight excluding hydrogens is 254 g/mol. The summed E-state index contributed by atoms with van der Waals surface area (Å²) in [6.45, 7) is 3.27. The molecule has 0 radical (unpaired) electrons. The third-order valence-electron chi connectivity index (χ3n) is 3.22. The van der Waals surface area contributed by atoms with Gasteiger partial charge in [-0.1, -0.05) is 30.3 Å². The van der Waals surface area contributed by atoms with Crippen molar-refractivity contribution >= 4 is 5.91 Å². The lowest BCUT2D eigenvalue weighted by molar-refractivity contribution is -0.122. The van der Waals surface area contributed by atoms with Crippen LogP contribution in [0.25, 0.3) is 0 Å². The second-order valence-corrected chi connectivity index (χ2v) is 4.79. The van der Waals surface area contributed by atoms with Crippen molar-refractivity contribution in [2.24, 2.45) is 5.73 Å². The molecule has 1 atom stereocenters. The lowest BCUT2D eigenvalue weighted by atomic mass is 9.98. The normalized spacial score (nSPS) is 12.4. The highest BCUT2D eigenvalue weighted by Gasteiger charge is 2.18. The minimum absolute atomic E-state index is 0.0150. The predicted octanol–water partition coefficient (Wildman–Crippen LogP) is 0.423. The van der Waals surface area contributed by atoms with Crippen LogP contribution in [0.4, 0.5) is 0 Å². The van der Waals surface area contributed by atoms with Crippen LogP contribution in [0.1, 0.15) is 11.5 Å². The summed E-state index contributed by atoms with van der Waals surface area (Å²) in [5.74, 6) is -0.292. The van der Waals surface area contributed by atoms with Crippen molar-refractivity contribution < 1.29 is 9.53 Å². The first-order valence-electron chi connectivity index (χ1n) is 6.89. The van der Waals surface area contributed by atoms with Crippen molar-refractivity contribution in [1.29, 1.82) is 0 Å². The summed E-state index contributed by atoms with van der Waals surface area (Å²) in [5.41, 5.74) is 6.67. The summed E-state index contributed by atoms with van der Waals surface area (Å²) >= 11 is 0. The van der Waals surface area contributed by atoms with Gasteiger partial charge < -0.3 is 20.7 Å². The number of methoxy groups -OCH3 is 1. The van der Waals surface area contributed by atoms with Gasteiger partial charge in [0, 0.05) is 33.3 Å². The molecule has 0 saturated carbocycles. The maximum Gasteiger partial charge on any atom is 0.228 e. The number of hydrogen-bond donors (Lipinski definition) is 2. The Labute approximate surface area is 121 Å². The van der Waals surface area contributed by atoms with Crippen LogP contribution in [-0.2, 0) is 9.53 Å². The number of ether oxygens (including phenoxy) is 1. The first kappa shape index (κ1) is 16.6. The molecule has 5 nitrogen and oxygen atoms in total. The van der Waals surface area contributed by atoms with Gasteiger partial charge in [0.1, 0.15) is 0 Å². The van der Waals surface area contributed by atoms with E-state index in [0.29, 0.717) is 19.7 Å². The van der Waals surface area contributed by atoms with Crippen LogP contribution in [0.3, 0.4) is 0 Å². The Morgan fingerprint density at radius 3 is 2.65 bits per heavy atom. The summed E-state index contributed by atoms with van der Waals surface area (Å²) < 4.78 is 5.01. The second-order valence-electron chi connectivity index (χ2n) is 4.79. The standard InChI is InChI=1S/C15H25N3O2/c1-18(10-11-20-2)9-8-17-15(19)14(12-16)13-6-4-3-5-7-13/h3-7,14H,8-12,16H2,1-2H3,(H,17,19). The molecule has 5 heteroatoms. The lowest BCUT2D eigenvalue weighted by Gasteiger charge is -2.18. The number of hydrogen-bond acceptors (Lipinski definition) is 4. The number of rotatable bonds is 9. The third-order valence-corrected chi connectivity index (χ3v) is 3.22. The second kappa shape index (κ2) is 9.47. The van der Waals surface area contributed by atoms with Gasteiger partial charge in [-0.3, -0.25) is 4.79 Å². The van der Waals surface area contributed by atoms with E-state index in [2.05, 4.69) is 10.2 Å². The van der Waals surface area contributed by atoms with Crippen molar-refractivity contribution in [3.8, 4) is 0 Å². The van der Waals surface area contributed by atoms with E-state index in [-0.39, 0.29) is 11.8 Å². The number of nitrogens with zero attached hydrogens (tertiary/aromatic N) is 1. The number of amides is 1. The third kappa shape index (κ3) is 5.69. The Bertz CT molecular complexity index is 384. The molecule has 1 aromatic rings. The molecule has 112 valence electrons. The minimum Gasteiger partial charge on any atom is -0.383 e. The van der Waals surface area contributed by atoms with Gasteiger partial charge in [0.15, 0.2) is 0 Å². The molecule has 1 rings (SSSR count). The van der Waals surface area contributed by atoms with Crippen LogP contribution < -0.4 is 11.1 Å². The lowest BCUT2D eigenvalue weighted by Crippen LogP contribution is -2.38. The van der Waals surface area contributed by atoms with Crippen molar-refractivity contribution in [1.82, 2.24) is 10.2 Å². The molecule has 0 heterocycles. The zero-order valence-corrected chi connectivity index (χ0v) is 12.3. The average Bonchev–Trinajstić information content (AvgIpc) is 2.47. The van der Waals surface area contributed by atoms with Crippen molar-refractivity contribution in [3.05, 3.63) is 35.9 Å². The molecule has 0 spiro atoms. The zero-order valence-electron chi connectivity index (χ0n) is 12.3. The molecule has 0 saturated heterocycles. The van der Waals surface area contributed by atoms with Gasteiger partial charge in [-0.15, -0.1) is 0 Å². The van der Waals surface area contributed by atoms with Gasteiger partial charge in [0.2, 0.25) is 5.91 Å². The molecule has 0 aliphatic heterocycles. The van der Waals surface area contributed by atoms with E-state index in [1.165, 1.54) is 0 Å². The van der Waals surface area contributed by atoms with Crippen molar-refractivity contribution in [3.63, 3.8) is 0 Å². The number of nitrogens with two attached hydrogens (primary N) is 1. The van der Waals surface area contributed by atoms with E-state index in [1.807, 2.05) is 37.4 Å². The Balaban J connectivity index is 2.37. The summed E-state index contributed by atoms with van der Waals surface area (Å²) in [5, 5.41) is 2.94. The van der Waals surface area contributed by atoms with Crippen LogP contribution in [0, 0.1) is 0 Å². The number of carbonyl (C=O) groups is 1. The highest BCUT2D eigenvalue weighted by molar-refractivity contribution is 5.83. The van der Waals surface area contributed by atoms with E-state index < -0.39 is 0 Å². The van der Waals surface area contributed by atoms with Gasteiger partial charge in [0.25, 0.3) is 0 Å². The molecule has 0 aliphatic rings. The van der Waals surface area contributed by atoms with Gasteiger partial charge in [-0.25, -0.2) is 0 Å². The van der Waals surface area contributed by atoms with E-state index in [0.717, 1.165) is 18.7 Å². The van der Waals surface area contributed by atoms with E-state index >= 15 is 0 Å². The van der Waals surface area contributed by atoms with Crippen molar-refractivity contribution in [2.75, 3.05) is 46.9 Å². The summed E-state index contributed by atoms with van der Waals surface area (Å²) in [6.07, 6.45) is 0. The first-order chi connectivity index (χ1) is 9.69.